The van der Waals surface area contributed by atoms with Gasteiger partial charge in [-0.25, -0.2) is 9.61 Å². The van der Waals surface area contributed by atoms with Crippen molar-refractivity contribution < 1.29 is 9.74 Å². The van der Waals surface area contributed by atoms with Gasteiger partial charge in [0.15, 0.2) is 0 Å². The number of rotatable bonds is 4. The highest BCUT2D eigenvalue weighted by Gasteiger charge is 2.12. The highest BCUT2D eigenvalue weighted by atomic mass is 16.6. The maximum atomic E-state index is 9.90. The monoisotopic (exact) mass is 258 g/mol. The van der Waals surface area contributed by atoms with Gasteiger partial charge >= 0.3 is 0 Å². The van der Waals surface area contributed by atoms with Crippen LogP contribution in [0, 0.1) is 0 Å². The van der Waals surface area contributed by atoms with Gasteiger partial charge in [-0.3, -0.25) is 0 Å². The molecule has 0 aliphatic heterocycles. The summed E-state index contributed by atoms with van der Waals surface area (Å²) in [7, 11) is 0. The zero-order valence-corrected chi connectivity index (χ0v) is 10.5. The number of aliphatic hydroxyl groups excluding tert-OH is 1. The van der Waals surface area contributed by atoms with Gasteiger partial charge in [-0.15, -0.1) is 0 Å². The van der Waals surface area contributed by atoms with Gasteiger partial charge in [0.2, 0.25) is 0 Å². The molecule has 6 heteroatoms. The Kier molecular flexibility index (Phi) is 3.00. The van der Waals surface area contributed by atoms with E-state index in [9.17, 15) is 5.11 Å². The van der Waals surface area contributed by atoms with E-state index in [1.807, 2.05) is 35.9 Å². The third-order valence-corrected chi connectivity index (χ3v) is 3.10. The molecule has 0 aliphatic rings. The van der Waals surface area contributed by atoms with Crippen molar-refractivity contribution >= 4 is 11.0 Å². The molecule has 1 atom stereocenters. The smallest absolute Gasteiger partial charge is 0.137 e. The lowest BCUT2D eigenvalue weighted by Gasteiger charge is -2.11. The molecule has 0 aliphatic carbocycles. The Morgan fingerprint density at radius 2 is 2.16 bits per heavy atom. The van der Waals surface area contributed by atoms with E-state index in [2.05, 4.69) is 19.9 Å². The van der Waals surface area contributed by atoms with Crippen molar-refractivity contribution in [3.8, 4) is 0 Å². The number of aromatic nitrogens is 4. The summed E-state index contributed by atoms with van der Waals surface area (Å²) in [6, 6.07) is 5.76. The normalized spacial score (nSPS) is 12.9. The molecule has 0 saturated carbocycles. The van der Waals surface area contributed by atoms with Crippen LogP contribution in [0.25, 0.3) is 11.0 Å². The fourth-order valence-corrected chi connectivity index (χ4v) is 2.06. The maximum Gasteiger partial charge on any atom is 0.137 e. The third-order valence-electron chi connectivity index (χ3n) is 3.10. The molecule has 1 N–H and O–H groups in total. The molecular weight excluding hydrogens is 244 g/mol. The van der Waals surface area contributed by atoms with E-state index in [1.54, 1.807) is 6.20 Å². The minimum absolute atomic E-state index is 0.535. The summed E-state index contributed by atoms with van der Waals surface area (Å²) in [5, 5.41) is 17.5. The quantitative estimate of drug-likeness (QED) is 0.773. The zero-order valence-electron chi connectivity index (χ0n) is 10.5. The molecular formula is C13H14N4O2. The van der Waals surface area contributed by atoms with Crippen LogP contribution in [-0.4, -0.2) is 25.0 Å². The van der Waals surface area contributed by atoms with Gasteiger partial charge in [0.25, 0.3) is 0 Å². The van der Waals surface area contributed by atoms with Gasteiger partial charge in [-0.2, -0.15) is 0 Å². The van der Waals surface area contributed by atoms with Crippen LogP contribution in [0.15, 0.2) is 35.2 Å². The minimum atomic E-state index is -0.535. The largest absolute Gasteiger partial charge is 0.385 e. The Balaban J connectivity index is 1.90. The van der Waals surface area contributed by atoms with Gasteiger partial charge < -0.3 is 9.67 Å². The molecule has 98 valence electrons. The molecule has 2 aromatic heterocycles. The lowest BCUT2D eigenvalue weighted by Crippen LogP contribution is -2.08. The van der Waals surface area contributed by atoms with Crippen LogP contribution >= 0.6 is 0 Å². The molecule has 0 unspecified atom stereocenters. The summed E-state index contributed by atoms with van der Waals surface area (Å²) in [5.41, 5.74) is 2.53. The fraction of sp³-hybridized carbons (Fsp3) is 0.308. The Morgan fingerprint density at radius 1 is 1.32 bits per heavy atom. The van der Waals surface area contributed by atoms with Gasteiger partial charge in [0, 0.05) is 18.9 Å². The Morgan fingerprint density at radius 3 is 3.00 bits per heavy atom. The van der Waals surface area contributed by atoms with E-state index >= 15 is 0 Å². The van der Waals surface area contributed by atoms with Crippen molar-refractivity contribution in [2.45, 2.75) is 26.0 Å². The van der Waals surface area contributed by atoms with Crippen LogP contribution in [0.1, 0.15) is 30.8 Å². The summed E-state index contributed by atoms with van der Waals surface area (Å²) in [4.78, 5) is 4.20. The summed E-state index contributed by atoms with van der Waals surface area (Å²) in [6.45, 7) is 2.56. The second kappa shape index (κ2) is 4.81. The number of aliphatic hydroxyl groups is 1. The van der Waals surface area contributed by atoms with Crippen molar-refractivity contribution in [1.29, 1.82) is 0 Å². The van der Waals surface area contributed by atoms with Crippen LogP contribution in [0.3, 0.4) is 0 Å². The zero-order chi connectivity index (χ0) is 13.2. The number of imidazole rings is 1. The standard InChI is InChI=1S/C13H14N4O2/c1-2-12(18)13-14-5-6-17(13)8-9-3-4-10-11(7-9)16-19-15-10/h3-7,12,18H,2,8H2,1H3/t12-/m0/s1. The van der Waals surface area contributed by atoms with Crippen LogP contribution in [0.2, 0.25) is 0 Å². The fourth-order valence-electron chi connectivity index (χ4n) is 2.06. The van der Waals surface area contributed by atoms with Crippen molar-refractivity contribution in [2.24, 2.45) is 0 Å². The van der Waals surface area contributed by atoms with E-state index in [0.29, 0.717) is 18.8 Å². The number of nitrogens with zero attached hydrogens (tertiary/aromatic N) is 4. The Labute approximate surface area is 109 Å². The van der Waals surface area contributed by atoms with Gasteiger partial charge in [-0.05, 0) is 34.4 Å². The van der Waals surface area contributed by atoms with Gasteiger partial charge in [-0.1, -0.05) is 13.0 Å². The summed E-state index contributed by atoms with van der Waals surface area (Å²) in [5.74, 6) is 0.681. The Bertz CT molecular complexity index is 689. The van der Waals surface area contributed by atoms with Crippen LogP contribution < -0.4 is 0 Å². The molecule has 0 bridgehead atoms. The van der Waals surface area contributed by atoms with Crippen LogP contribution in [-0.2, 0) is 6.54 Å². The molecule has 0 fully saturated rings. The molecule has 19 heavy (non-hydrogen) atoms. The van der Waals surface area contributed by atoms with E-state index < -0.39 is 6.10 Å². The third kappa shape index (κ3) is 2.22. The van der Waals surface area contributed by atoms with Crippen molar-refractivity contribution in [3.63, 3.8) is 0 Å². The SMILES string of the molecule is CC[C@H](O)c1nccn1Cc1ccc2nonc2c1. The van der Waals surface area contributed by atoms with Gasteiger partial charge in [0.05, 0.1) is 0 Å². The first kappa shape index (κ1) is 11.9. The molecule has 3 aromatic rings. The van der Waals surface area contributed by atoms with Crippen molar-refractivity contribution in [2.75, 3.05) is 0 Å². The average Bonchev–Trinajstić information content (AvgIpc) is 3.06. The maximum absolute atomic E-state index is 9.90. The van der Waals surface area contributed by atoms with Crippen LogP contribution in [0.5, 0.6) is 0 Å². The Hall–Kier alpha value is -2.21. The summed E-state index contributed by atoms with van der Waals surface area (Å²) < 4.78 is 6.61. The molecule has 0 spiro atoms. The number of hydrogen-bond donors (Lipinski definition) is 1. The molecule has 2 heterocycles. The molecule has 0 radical (unpaired) electrons. The topological polar surface area (TPSA) is 77.0 Å². The van der Waals surface area contributed by atoms with E-state index in [-0.39, 0.29) is 0 Å². The number of fused-ring (bicyclic) bond motifs is 1. The minimum Gasteiger partial charge on any atom is -0.385 e. The number of benzene rings is 1. The first-order chi connectivity index (χ1) is 9.28. The van der Waals surface area contributed by atoms with E-state index in [0.717, 1.165) is 16.6 Å². The molecule has 6 nitrogen and oxygen atoms in total. The predicted octanol–water partition coefficient (Wildman–Crippen LogP) is 1.91. The average molecular weight is 258 g/mol. The second-order valence-electron chi connectivity index (χ2n) is 4.42. The predicted molar refractivity (Wildman–Crippen MR) is 68.4 cm³/mol. The summed E-state index contributed by atoms with van der Waals surface area (Å²) in [6.07, 6.45) is 3.67. The lowest BCUT2D eigenvalue weighted by atomic mass is 10.2. The first-order valence-electron chi connectivity index (χ1n) is 6.18. The highest BCUT2D eigenvalue weighted by Crippen LogP contribution is 2.17. The summed E-state index contributed by atoms with van der Waals surface area (Å²) >= 11 is 0. The second-order valence-corrected chi connectivity index (χ2v) is 4.42. The van der Waals surface area contributed by atoms with Crippen molar-refractivity contribution in [3.05, 3.63) is 42.0 Å². The first-order valence-corrected chi connectivity index (χ1v) is 6.18. The molecule has 0 amide bonds. The highest BCUT2D eigenvalue weighted by molar-refractivity contribution is 5.73. The van der Waals surface area contributed by atoms with Crippen molar-refractivity contribution in [1.82, 2.24) is 19.9 Å². The van der Waals surface area contributed by atoms with E-state index in [1.165, 1.54) is 0 Å². The molecule has 0 saturated heterocycles. The molecule has 3 rings (SSSR count). The lowest BCUT2D eigenvalue weighted by molar-refractivity contribution is 0.159. The van der Waals surface area contributed by atoms with Crippen LogP contribution in [0.4, 0.5) is 0 Å². The number of hydrogen-bond acceptors (Lipinski definition) is 5. The molecule has 1 aromatic carbocycles. The van der Waals surface area contributed by atoms with E-state index in [4.69, 9.17) is 0 Å². The van der Waals surface area contributed by atoms with Gasteiger partial charge in [0.1, 0.15) is 23.0 Å².